The molecule has 0 aliphatic rings. The molecule has 0 spiro atoms. The van der Waals surface area contributed by atoms with E-state index in [1.54, 1.807) is 0 Å². The van der Waals surface area contributed by atoms with E-state index in [0.29, 0.717) is 0 Å². The Morgan fingerprint density at radius 2 is 0.538 bits per heavy atom. The van der Waals surface area contributed by atoms with Gasteiger partial charge in [-0.2, -0.15) is 0 Å². The largest absolute Gasteiger partial charge is 3.00 e. The van der Waals surface area contributed by atoms with Crippen LogP contribution in [0.5, 0.6) is 0 Å². The van der Waals surface area contributed by atoms with E-state index in [4.69, 9.17) is 42.2 Å². The van der Waals surface area contributed by atoms with Crippen LogP contribution in [-0.4, -0.2) is 73.6 Å². The van der Waals surface area contributed by atoms with Gasteiger partial charge >= 0.3 is 44.9 Å². The summed E-state index contributed by atoms with van der Waals surface area (Å²) in [4.78, 5) is 42.9. The molecular formula is H6AlO9Si3+3. The fraction of sp³-hybridized carbons (Fsp3) is 0. The van der Waals surface area contributed by atoms with Crippen LogP contribution in [0.1, 0.15) is 0 Å². The average Bonchev–Trinajstić information content (AvgIpc) is 1.54. The zero-order valence-corrected chi connectivity index (χ0v) is 10.1. The minimum atomic E-state index is -3.13. The Morgan fingerprint density at radius 3 is 0.538 bits per heavy atom. The SMILES string of the molecule is O=[Si](O)O.O=[Si](O)O.O=[Si](O)O.[Al+3]. The maximum absolute atomic E-state index is 8.74. The van der Waals surface area contributed by atoms with Gasteiger partial charge in [0.05, 0.1) is 0 Å². The van der Waals surface area contributed by atoms with Crippen LogP contribution >= 0.6 is 0 Å². The van der Waals surface area contributed by atoms with Crippen LogP contribution in [0.2, 0.25) is 0 Å². The molecule has 0 aliphatic heterocycles. The molecular weight excluding hydrogens is 255 g/mol. The van der Waals surface area contributed by atoms with Crippen LogP contribution in [0.3, 0.4) is 0 Å². The quantitative estimate of drug-likeness (QED) is 0.233. The van der Waals surface area contributed by atoms with Crippen molar-refractivity contribution in [3.8, 4) is 0 Å². The minimum Gasteiger partial charge on any atom is -0.511 e. The standard InChI is InChI=1S/Al.3H2O3Si/c;3*1-4(2)3/h;3*1-2H/q+3;;;. The molecule has 0 atom stereocenters. The molecule has 0 radical (unpaired) electrons. The van der Waals surface area contributed by atoms with E-state index >= 15 is 0 Å². The molecule has 0 aliphatic carbocycles. The number of hydrogen-bond donors (Lipinski definition) is 6. The summed E-state index contributed by atoms with van der Waals surface area (Å²) < 4.78 is 26.2. The van der Waals surface area contributed by atoms with E-state index in [1.807, 2.05) is 0 Å². The molecule has 13 heteroatoms. The van der Waals surface area contributed by atoms with Crippen LogP contribution in [-0.2, 0) is 13.4 Å². The summed E-state index contributed by atoms with van der Waals surface area (Å²) in [5, 5.41) is 0. The van der Waals surface area contributed by atoms with E-state index in [0.717, 1.165) is 0 Å². The predicted octanol–water partition coefficient (Wildman–Crippen LogP) is -5.22. The molecule has 0 aromatic rings. The maximum Gasteiger partial charge on any atom is 3.00 e. The van der Waals surface area contributed by atoms with Crippen LogP contribution < -0.4 is 0 Å². The van der Waals surface area contributed by atoms with Crippen molar-refractivity contribution in [2.45, 2.75) is 0 Å². The molecule has 0 unspecified atom stereocenters. The van der Waals surface area contributed by atoms with Crippen LogP contribution in [0, 0.1) is 0 Å². The Morgan fingerprint density at radius 1 is 0.538 bits per heavy atom. The fourth-order valence-electron chi connectivity index (χ4n) is 0. The molecule has 0 amide bonds. The van der Waals surface area contributed by atoms with Gasteiger partial charge in [0.15, 0.2) is 0 Å². The van der Waals surface area contributed by atoms with Gasteiger partial charge in [-0.05, 0) is 0 Å². The van der Waals surface area contributed by atoms with Gasteiger partial charge in [-0.15, -0.1) is 0 Å². The van der Waals surface area contributed by atoms with Crippen molar-refractivity contribution < 1.29 is 42.2 Å². The summed E-state index contributed by atoms with van der Waals surface area (Å²) >= 11 is 0. The van der Waals surface area contributed by atoms with Crippen molar-refractivity contribution in [1.29, 1.82) is 0 Å². The summed E-state index contributed by atoms with van der Waals surface area (Å²) in [5.41, 5.74) is 0. The first-order valence-corrected chi connectivity index (χ1v) is 5.86. The molecule has 0 rings (SSSR count). The third-order valence-corrected chi connectivity index (χ3v) is 0. The second-order valence-corrected chi connectivity index (χ2v) is 2.54. The Hall–Kier alpha value is -0.617. The normalized spacial score (nSPS) is 5.54. The predicted molar refractivity (Wildman–Crippen MR) is 38.4 cm³/mol. The Labute approximate surface area is 87.4 Å². The van der Waals surface area contributed by atoms with E-state index in [-0.39, 0.29) is 17.4 Å². The molecule has 6 N–H and O–H groups in total. The van der Waals surface area contributed by atoms with Gasteiger partial charge in [0, 0.05) is 0 Å². The Bertz CT molecular complexity index is 112. The monoisotopic (exact) mass is 261 g/mol. The molecule has 0 saturated carbocycles. The van der Waals surface area contributed by atoms with Crippen molar-refractivity contribution in [3.63, 3.8) is 0 Å². The van der Waals surface area contributed by atoms with Crippen molar-refractivity contribution >= 4 is 44.9 Å². The van der Waals surface area contributed by atoms with E-state index in [1.165, 1.54) is 0 Å². The van der Waals surface area contributed by atoms with Gasteiger partial charge in [0.2, 0.25) is 0 Å². The first kappa shape index (κ1) is 22.8. The van der Waals surface area contributed by atoms with Crippen LogP contribution in [0.15, 0.2) is 0 Å². The van der Waals surface area contributed by atoms with Gasteiger partial charge in [-0.1, -0.05) is 0 Å². The summed E-state index contributed by atoms with van der Waals surface area (Å²) in [7, 11) is -9.39. The van der Waals surface area contributed by atoms with Crippen molar-refractivity contribution in [2.75, 3.05) is 0 Å². The van der Waals surface area contributed by atoms with Gasteiger partial charge in [-0.25, -0.2) is 0 Å². The number of hydrogen-bond acceptors (Lipinski definition) is 3. The zero-order valence-electron chi connectivity index (χ0n) is 5.99. The second kappa shape index (κ2) is 17.5. The van der Waals surface area contributed by atoms with E-state index in [2.05, 4.69) is 0 Å². The van der Waals surface area contributed by atoms with Gasteiger partial charge in [0.25, 0.3) is 0 Å². The number of rotatable bonds is 0. The second-order valence-electron chi connectivity index (χ2n) is 0.848. The average molecular weight is 261 g/mol. The third kappa shape index (κ3) is 2630. The van der Waals surface area contributed by atoms with Crippen molar-refractivity contribution in [2.24, 2.45) is 0 Å². The molecule has 0 aromatic carbocycles. The summed E-state index contributed by atoms with van der Waals surface area (Å²) in [5.74, 6) is 0. The van der Waals surface area contributed by atoms with Crippen molar-refractivity contribution in [1.82, 2.24) is 0 Å². The summed E-state index contributed by atoms with van der Waals surface area (Å²) in [6, 6.07) is 0. The smallest absolute Gasteiger partial charge is 0.511 e. The molecule has 0 heterocycles. The van der Waals surface area contributed by atoms with Crippen LogP contribution in [0.4, 0.5) is 0 Å². The summed E-state index contributed by atoms with van der Waals surface area (Å²) in [6.07, 6.45) is 0. The first-order chi connectivity index (χ1) is 5.20. The molecule has 0 bridgehead atoms. The Balaban J connectivity index is -0.0000000450. The fourth-order valence-corrected chi connectivity index (χ4v) is 0. The van der Waals surface area contributed by atoms with Gasteiger partial charge in [0.1, 0.15) is 0 Å². The molecule has 0 saturated heterocycles. The molecule has 9 nitrogen and oxygen atoms in total. The first-order valence-electron chi connectivity index (χ1n) is 1.95. The van der Waals surface area contributed by atoms with Crippen molar-refractivity contribution in [3.05, 3.63) is 0 Å². The minimum absolute atomic E-state index is 0. The Kier molecular flexibility index (Phi) is 30.7. The summed E-state index contributed by atoms with van der Waals surface area (Å²) in [6.45, 7) is 0. The molecule has 0 aromatic heterocycles. The van der Waals surface area contributed by atoms with E-state index in [9.17, 15) is 0 Å². The molecule has 0 fully saturated rings. The zero-order chi connectivity index (χ0) is 10.7. The van der Waals surface area contributed by atoms with E-state index < -0.39 is 27.5 Å². The maximum atomic E-state index is 8.74. The third-order valence-electron chi connectivity index (χ3n) is 0. The van der Waals surface area contributed by atoms with Crippen LogP contribution in [0.25, 0.3) is 0 Å². The molecule has 72 valence electrons. The van der Waals surface area contributed by atoms with Gasteiger partial charge in [-0.3, -0.25) is 13.4 Å². The topological polar surface area (TPSA) is 173 Å². The van der Waals surface area contributed by atoms with Gasteiger partial charge < -0.3 is 28.8 Å². The molecule has 13 heavy (non-hydrogen) atoms.